The first-order chi connectivity index (χ1) is 19.6. The first kappa shape index (κ1) is 28.7. The van der Waals surface area contributed by atoms with Gasteiger partial charge in [0.1, 0.15) is 12.2 Å². The Morgan fingerprint density at radius 1 is 1.02 bits per heavy atom. The van der Waals surface area contributed by atoms with Crippen LogP contribution in [0.25, 0.3) is 6.08 Å². The number of anilines is 1. The Morgan fingerprint density at radius 2 is 1.73 bits per heavy atom. The highest BCUT2D eigenvalue weighted by Gasteiger charge is 2.35. The molecule has 0 bridgehead atoms. The fourth-order valence-electron chi connectivity index (χ4n) is 4.13. The molecule has 1 heterocycles. The number of rotatable bonds is 10. The van der Waals surface area contributed by atoms with Crippen LogP contribution in [-0.4, -0.2) is 46.2 Å². The number of carboxylic acid groups (broad SMARTS) is 2. The molecule has 1 aliphatic heterocycles. The van der Waals surface area contributed by atoms with Crippen molar-refractivity contribution in [2.24, 2.45) is 0 Å². The number of aromatic carboxylic acids is 2. The van der Waals surface area contributed by atoms with Gasteiger partial charge in [-0.05, 0) is 78.3 Å². The zero-order valence-electron chi connectivity index (χ0n) is 21.7. The summed E-state index contributed by atoms with van der Waals surface area (Å²) in [6.45, 7) is 3.92. The predicted octanol–water partition coefficient (Wildman–Crippen LogP) is 4.23. The molecule has 2 amide bonds. The summed E-state index contributed by atoms with van der Waals surface area (Å²) in [6.07, 6.45) is 3.42. The number of methoxy groups -OCH3 is 1. The lowest BCUT2D eigenvalue weighted by Gasteiger charge is -2.29. The van der Waals surface area contributed by atoms with E-state index in [4.69, 9.17) is 26.8 Å². The molecule has 0 unspecified atom stereocenters. The van der Waals surface area contributed by atoms with Crippen molar-refractivity contribution in [1.82, 2.24) is 5.32 Å². The number of hydrogen-bond donors (Lipinski definition) is 3. The van der Waals surface area contributed by atoms with E-state index in [2.05, 4.69) is 11.9 Å². The van der Waals surface area contributed by atoms with Gasteiger partial charge in [-0.25, -0.2) is 9.59 Å². The summed E-state index contributed by atoms with van der Waals surface area (Å²) in [6, 6.07) is 15.2. The molecule has 0 aromatic heterocycles. The van der Waals surface area contributed by atoms with Crippen LogP contribution in [0.4, 0.5) is 5.69 Å². The van der Waals surface area contributed by atoms with Gasteiger partial charge < -0.3 is 19.7 Å². The molecule has 10 nitrogen and oxygen atoms in total. The molecule has 3 N–H and O–H groups in total. The lowest BCUT2D eigenvalue weighted by atomic mass is 10.0. The van der Waals surface area contributed by atoms with Gasteiger partial charge in [0, 0.05) is 5.56 Å². The smallest absolute Gasteiger partial charge is 0.335 e. The quantitative estimate of drug-likeness (QED) is 0.141. The molecule has 0 radical (unpaired) electrons. The Bertz CT molecular complexity index is 1610. The molecule has 0 atom stereocenters. The number of allylic oxidation sites excluding steroid dienone is 1. The number of amides is 2. The molecule has 1 fully saturated rings. The van der Waals surface area contributed by atoms with E-state index in [1.165, 1.54) is 49.6 Å². The second kappa shape index (κ2) is 12.3. The third kappa shape index (κ3) is 6.31. The molecule has 41 heavy (non-hydrogen) atoms. The molecule has 0 saturated carbocycles. The third-order valence-corrected chi connectivity index (χ3v) is 6.37. The number of benzene rings is 3. The average Bonchev–Trinajstić information content (AvgIpc) is 2.94. The van der Waals surface area contributed by atoms with E-state index in [1.54, 1.807) is 30.3 Å². The van der Waals surface area contributed by atoms with Crippen LogP contribution in [0.3, 0.4) is 0 Å². The Balaban J connectivity index is 1.68. The van der Waals surface area contributed by atoms with Gasteiger partial charge in [-0.15, -0.1) is 6.58 Å². The molecule has 11 heteroatoms. The first-order valence-corrected chi connectivity index (χ1v) is 12.6. The van der Waals surface area contributed by atoms with Gasteiger partial charge >= 0.3 is 11.9 Å². The van der Waals surface area contributed by atoms with Crippen LogP contribution in [0.15, 0.2) is 78.9 Å². The van der Waals surface area contributed by atoms with Gasteiger partial charge in [-0.3, -0.25) is 19.8 Å². The Kier molecular flexibility index (Phi) is 8.59. The van der Waals surface area contributed by atoms with E-state index < -0.39 is 23.8 Å². The van der Waals surface area contributed by atoms with Gasteiger partial charge in [0.25, 0.3) is 11.8 Å². The van der Waals surface area contributed by atoms with Gasteiger partial charge in [0.15, 0.2) is 16.6 Å². The zero-order valence-corrected chi connectivity index (χ0v) is 22.6. The summed E-state index contributed by atoms with van der Waals surface area (Å²) >= 11 is 5.21. The summed E-state index contributed by atoms with van der Waals surface area (Å²) in [5.74, 6) is -2.88. The average molecular weight is 573 g/mol. The topological polar surface area (TPSA) is 142 Å². The number of carboxylic acids is 2. The predicted molar refractivity (Wildman–Crippen MR) is 154 cm³/mol. The number of nitrogens with zero attached hydrogens (tertiary/aromatic N) is 1. The second-order valence-corrected chi connectivity index (χ2v) is 9.19. The van der Waals surface area contributed by atoms with Crippen LogP contribution in [0.1, 0.15) is 37.4 Å². The first-order valence-electron chi connectivity index (χ1n) is 12.1. The van der Waals surface area contributed by atoms with Gasteiger partial charge in [0.2, 0.25) is 0 Å². The molecule has 1 aliphatic rings. The number of ether oxygens (including phenoxy) is 2. The largest absolute Gasteiger partial charge is 0.493 e. The van der Waals surface area contributed by atoms with Crippen LogP contribution < -0.4 is 19.7 Å². The lowest BCUT2D eigenvalue weighted by molar-refractivity contribution is -0.122. The van der Waals surface area contributed by atoms with E-state index in [-0.39, 0.29) is 34.1 Å². The number of carbonyl (C=O) groups is 4. The zero-order chi connectivity index (χ0) is 29.7. The Hall–Kier alpha value is -5.29. The van der Waals surface area contributed by atoms with Gasteiger partial charge in [-0.1, -0.05) is 24.3 Å². The maximum absolute atomic E-state index is 13.4. The summed E-state index contributed by atoms with van der Waals surface area (Å²) in [5, 5.41) is 20.7. The summed E-state index contributed by atoms with van der Waals surface area (Å²) < 4.78 is 11.6. The minimum Gasteiger partial charge on any atom is -0.493 e. The molecule has 208 valence electrons. The van der Waals surface area contributed by atoms with Gasteiger partial charge in [-0.2, -0.15) is 0 Å². The maximum atomic E-state index is 13.4. The molecule has 3 aromatic rings. The molecule has 0 spiro atoms. The SMILES string of the molecule is C=CCc1cc(C=C2C(=O)NC(=S)N(c3cccc(C(=O)O)c3)C2=O)cc(OC)c1OCc1ccc(C(=O)O)cc1. The number of hydrogen-bond acceptors (Lipinski definition) is 7. The van der Waals surface area contributed by atoms with Crippen LogP contribution in [0.5, 0.6) is 11.5 Å². The maximum Gasteiger partial charge on any atom is 0.335 e. The summed E-state index contributed by atoms with van der Waals surface area (Å²) in [5.41, 5.74) is 1.94. The van der Waals surface area contributed by atoms with E-state index in [0.29, 0.717) is 29.0 Å². The van der Waals surface area contributed by atoms with Crippen molar-refractivity contribution in [1.29, 1.82) is 0 Å². The van der Waals surface area contributed by atoms with Crippen molar-refractivity contribution in [3.05, 3.63) is 107 Å². The van der Waals surface area contributed by atoms with Crippen molar-refractivity contribution in [2.45, 2.75) is 13.0 Å². The summed E-state index contributed by atoms with van der Waals surface area (Å²) in [4.78, 5) is 49.9. The normalized spacial score (nSPS) is 14.0. The standard InChI is InChI=1S/C30H24N2O8S/c1-3-5-20-12-18(14-24(39-2)25(20)40-16-17-8-10-19(11-9-17)28(35)36)13-23-26(33)31-30(41)32(27(23)34)22-7-4-6-21(15-22)29(37)38/h3-4,6-15H,1,5,16H2,2H3,(H,35,36)(H,37,38)(H,31,33,41). The van der Waals surface area contributed by atoms with Crippen molar-refractivity contribution >= 4 is 52.8 Å². The number of thiocarbonyl (C=S) groups is 1. The fraction of sp³-hybridized carbons (Fsp3) is 0.100. The minimum atomic E-state index is -1.18. The Morgan fingerprint density at radius 3 is 2.37 bits per heavy atom. The molecule has 4 rings (SSSR count). The van der Waals surface area contributed by atoms with E-state index >= 15 is 0 Å². The van der Waals surface area contributed by atoms with Crippen LogP contribution in [0, 0.1) is 0 Å². The molecule has 1 saturated heterocycles. The van der Waals surface area contributed by atoms with Gasteiger partial charge in [0.05, 0.1) is 23.9 Å². The third-order valence-electron chi connectivity index (χ3n) is 6.09. The molecular formula is C30H24N2O8S. The fourth-order valence-corrected chi connectivity index (χ4v) is 4.41. The van der Waals surface area contributed by atoms with Crippen molar-refractivity contribution in [2.75, 3.05) is 12.0 Å². The lowest BCUT2D eigenvalue weighted by Crippen LogP contribution is -2.54. The van der Waals surface area contributed by atoms with Crippen LogP contribution >= 0.6 is 12.2 Å². The highest BCUT2D eigenvalue weighted by molar-refractivity contribution is 7.80. The van der Waals surface area contributed by atoms with Crippen molar-refractivity contribution < 1.29 is 38.9 Å². The molecular weight excluding hydrogens is 548 g/mol. The highest BCUT2D eigenvalue weighted by atomic mass is 32.1. The van der Waals surface area contributed by atoms with E-state index in [1.807, 2.05) is 0 Å². The van der Waals surface area contributed by atoms with Crippen LogP contribution in [0.2, 0.25) is 0 Å². The Labute approximate surface area is 240 Å². The number of carbonyl (C=O) groups excluding carboxylic acids is 2. The molecule has 0 aliphatic carbocycles. The minimum absolute atomic E-state index is 0.0484. The molecule has 3 aromatic carbocycles. The van der Waals surface area contributed by atoms with Crippen LogP contribution in [-0.2, 0) is 22.6 Å². The monoisotopic (exact) mass is 572 g/mol. The van der Waals surface area contributed by atoms with E-state index in [0.717, 1.165) is 10.5 Å². The summed E-state index contributed by atoms with van der Waals surface area (Å²) in [7, 11) is 1.45. The second-order valence-electron chi connectivity index (χ2n) is 8.81. The van der Waals surface area contributed by atoms with Crippen molar-refractivity contribution in [3.63, 3.8) is 0 Å². The highest BCUT2D eigenvalue weighted by Crippen LogP contribution is 2.35. The van der Waals surface area contributed by atoms with Crippen molar-refractivity contribution in [3.8, 4) is 11.5 Å². The number of nitrogens with one attached hydrogen (secondary N) is 1. The van der Waals surface area contributed by atoms with E-state index in [9.17, 15) is 24.3 Å².